The first-order valence-corrected chi connectivity index (χ1v) is 9.31. The molecule has 5 heteroatoms. The summed E-state index contributed by atoms with van der Waals surface area (Å²) in [4.78, 5) is 19.5. The molecule has 4 nitrogen and oxygen atoms in total. The summed E-state index contributed by atoms with van der Waals surface area (Å²) < 4.78 is 19.0. The molecule has 1 amide bonds. The molecule has 1 atom stereocenters. The largest absolute Gasteiger partial charge is 0.370 e. The van der Waals surface area contributed by atoms with Crippen molar-refractivity contribution < 1.29 is 13.9 Å². The zero-order chi connectivity index (χ0) is 19.5. The number of aryl methyl sites for hydroxylation is 1. The monoisotopic (exact) mass is 376 g/mol. The van der Waals surface area contributed by atoms with Gasteiger partial charge in [0.25, 0.3) is 5.91 Å². The Morgan fingerprint density at radius 2 is 1.82 bits per heavy atom. The van der Waals surface area contributed by atoms with Crippen molar-refractivity contribution in [2.24, 2.45) is 0 Å². The molecule has 1 aromatic heterocycles. The number of pyridine rings is 1. The molecule has 1 saturated heterocycles. The van der Waals surface area contributed by atoms with Crippen LogP contribution in [0.5, 0.6) is 0 Å². The van der Waals surface area contributed by atoms with Crippen LogP contribution in [0, 0.1) is 12.7 Å². The van der Waals surface area contributed by atoms with E-state index in [0.29, 0.717) is 31.0 Å². The van der Waals surface area contributed by atoms with Gasteiger partial charge in [0.05, 0.1) is 30.1 Å². The molecule has 4 rings (SSSR count). The molecule has 0 N–H and O–H groups in total. The summed E-state index contributed by atoms with van der Waals surface area (Å²) in [6.45, 7) is 3.26. The lowest BCUT2D eigenvalue weighted by atomic mass is 10.1. The van der Waals surface area contributed by atoms with Crippen molar-refractivity contribution in [2.45, 2.75) is 13.0 Å². The summed E-state index contributed by atoms with van der Waals surface area (Å²) in [5, 5.41) is 0. The van der Waals surface area contributed by atoms with Gasteiger partial charge in [-0.1, -0.05) is 42.5 Å². The molecule has 0 bridgehead atoms. The summed E-state index contributed by atoms with van der Waals surface area (Å²) in [6, 6.07) is 19.9. The van der Waals surface area contributed by atoms with Crippen LogP contribution in [0.4, 0.5) is 4.39 Å². The summed E-state index contributed by atoms with van der Waals surface area (Å²) in [5.74, 6) is -0.340. The number of nitrogens with zero attached hydrogens (tertiary/aromatic N) is 2. The van der Waals surface area contributed by atoms with Gasteiger partial charge < -0.3 is 9.64 Å². The van der Waals surface area contributed by atoms with Crippen LogP contribution in [-0.2, 0) is 4.74 Å². The predicted molar refractivity (Wildman–Crippen MR) is 105 cm³/mol. The Hall–Kier alpha value is -3.05. The standard InChI is InChI=1S/C23H21FN2O2/c1-16-20(11-12-21(25-16)17-5-3-2-4-6-17)23(27)26-13-14-28-22(15-26)18-7-9-19(24)10-8-18/h2-12,22H,13-15H2,1H3. The Bertz CT molecular complexity index is 974. The summed E-state index contributed by atoms with van der Waals surface area (Å²) >= 11 is 0. The van der Waals surface area contributed by atoms with E-state index >= 15 is 0 Å². The highest BCUT2D eigenvalue weighted by Gasteiger charge is 2.27. The second-order valence-corrected chi connectivity index (χ2v) is 6.86. The number of benzene rings is 2. The highest BCUT2D eigenvalue weighted by atomic mass is 19.1. The van der Waals surface area contributed by atoms with Gasteiger partial charge in [-0.2, -0.15) is 0 Å². The van der Waals surface area contributed by atoms with Crippen molar-refractivity contribution >= 4 is 5.91 Å². The molecule has 28 heavy (non-hydrogen) atoms. The van der Waals surface area contributed by atoms with Crippen molar-refractivity contribution in [1.82, 2.24) is 9.88 Å². The van der Waals surface area contributed by atoms with Gasteiger partial charge >= 0.3 is 0 Å². The van der Waals surface area contributed by atoms with E-state index in [0.717, 1.165) is 16.8 Å². The van der Waals surface area contributed by atoms with Crippen molar-refractivity contribution in [2.75, 3.05) is 19.7 Å². The number of morpholine rings is 1. The fraction of sp³-hybridized carbons (Fsp3) is 0.217. The number of rotatable bonds is 3. The summed E-state index contributed by atoms with van der Waals surface area (Å²) in [5.41, 5.74) is 4.04. The maximum Gasteiger partial charge on any atom is 0.255 e. The second kappa shape index (κ2) is 7.90. The first kappa shape index (κ1) is 18.3. The third-order valence-corrected chi connectivity index (χ3v) is 4.98. The van der Waals surface area contributed by atoms with E-state index in [1.54, 1.807) is 17.0 Å². The van der Waals surface area contributed by atoms with Crippen LogP contribution >= 0.6 is 0 Å². The molecule has 3 aromatic rings. The van der Waals surface area contributed by atoms with Gasteiger partial charge in [-0.15, -0.1) is 0 Å². The van der Waals surface area contributed by atoms with E-state index in [1.807, 2.05) is 49.4 Å². The van der Waals surface area contributed by atoms with Gasteiger partial charge in [-0.25, -0.2) is 4.39 Å². The topological polar surface area (TPSA) is 42.4 Å². The molecule has 0 spiro atoms. The minimum atomic E-state index is -0.285. The number of amides is 1. The Morgan fingerprint density at radius 1 is 1.07 bits per heavy atom. The van der Waals surface area contributed by atoms with Crippen molar-refractivity contribution in [3.8, 4) is 11.3 Å². The zero-order valence-corrected chi connectivity index (χ0v) is 15.6. The molecule has 0 aliphatic carbocycles. The predicted octanol–water partition coefficient (Wildman–Crippen LogP) is 4.41. The minimum Gasteiger partial charge on any atom is -0.370 e. The first-order valence-electron chi connectivity index (χ1n) is 9.31. The van der Waals surface area contributed by atoms with Gasteiger partial charge in [-0.3, -0.25) is 9.78 Å². The highest BCUT2D eigenvalue weighted by Crippen LogP contribution is 2.25. The Kier molecular flexibility index (Phi) is 5.17. The van der Waals surface area contributed by atoms with Gasteiger partial charge in [0.2, 0.25) is 0 Å². The van der Waals surface area contributed by atoms with E-state index in [9.17, 15) is 9.18 Å². The number of carbonyl (C=O) groups is 1. The number of aromatic nitrogens is 1. The van der Waals surface area contributed by atoms with Crippen LogP contribution in [0.15, 0.2) is 66.7 Å². The van der Waals surface area contributed by atoms with Crippen LogP contribution < -0.4 is 0 Å². The van der Waals surface area contributed by atoms with Crippen LogP contribution in [0.3, 0.4) is 0 Å². The van der Waals surface area contributed by atoms with Gasteiger partial charge in [-0.05, 0) is 36.8 Å². The average Bonchev–Trinajstić information content (AvgIpc) is 2.74. The van der Waals surface area contributed by atoms with E-state index in [1.165, 1.54) is 12.1 Å². The third-order valence-electron chi connectivity index (χ3n) is 4.98. The molecule has 1 unspecified atom stereocenters. The second-order valence-electron chi connectivity index (χ2n) is 6.86. The summed E-state index contributed by atoms with van der Waals surface area (Å²) in [6.07, 6.45) is -0.254. The smallest absolute Gasteiger partial charge is 0.255 e. The number of carbonyl (C=O) groups excluding carboxylic acids is 1. The Morgan fingerprint density at radius 3 is 2.54 bits per heavy atom. The maximum absolute atomic E-state index is 13.2. The molecule has 1 aliphatic heterocycles. The average molecular weight is 376 g/mol. The molecular weight excluding hydrogens is 355 g/mol. The highest BCUT2D eigenvalue weighted by molar-refractivity contribution is 5.95. The molecule has 2 heterocycles. The minimum absolute atomic E-state index is 0.0555. The lowest BCUT2D eigenvalue weighted by molar-refractivity contribution is -0.0228. The Balaban J connectivity index is 1.53. The van der Waals surface area contributed by atoms with Crippen LogP contribution in [0.2, 0.25) is 0 Å². The number of hydrogen-bond acceptors (Lipinski definition) is 3. The molecule has 142 valence electrons. The molecule has 1 fully saturated rings. The maximum atomic E-state index is 13.2. The number of halogens is 1. The van der Waals surface area contributed by atoms with Crippen LogP contribution in [0.1, 0.15) is 27.7 Å². The van der Waals surface area contributed by atoms with Gasteiger partial charge in [0.1, 0.15) is 11.9 Å². The normalized spacial score (nSPS) is 16.8. The zero-order valence-electron chi connectivity index (χ0n) is 15.6. The third kappa shape index (κ3) is 3.80. The lowest BCUT2D eigenvalue weighted by Crippen LogP contribution is -2.42. The van der Waals surface area contributed by atoms with Crippen LogP contribution in [-0.4, -0.2) is 35.5 Å². The lowest BCUT2D eigenvalue weighted by Gasteiger charge is -2.33. The molecule has 2 aromatic carbocycles. The summed E-state index contributed by atoms with van der Waals surface area (Å²) in [7, 11) is 0. The van der Waals surface area contributed by atoms with Gasteiger partial charge in [0.15, 0.2) is 0 Å². The van der Waals surface area contributed by atoms with Crippen molar-refractivity contribution in [3.05, 3.63) is 89.4 Å². The molecule has 1 aliphatic rings. The van der Waals surface area contributed by atoms with E-state index in [4.69, 9.17) is 4.74 Å². The van der Waals surface area contributed by atoms with Crippen molar-refractivity contribution in [3.63, 3.8) is 0 Å². The first-order chi connectivity index (χ1) is 13.6. The number of hydrogen-bond donors (Lipinski definition) is 0. The quantitative estimate of drug-likeness (QED) is 0.680. The SMILES string of the molecule is Cc1nc(-c2ccccc2)ccc1C(=O)N1CCOC(c2ccc(F)cc2)C1. The number of ether oxygens (including phenoxy) is 1. The van der Waals surface area contributed by atoms with E-state index in [2.05, 4.69) is 4.98 Å². The fourth-order valence-electron chi connectivity index (χ4n) is 3.44. The van der Waals surface area contributed by atoms with Crippen molar-refractivity contribution in [1.29, 1.82) is 0 Å². The van der Waals surface area contributed by atoms with Crippen LogP contribution in [0.25, 0.3) is 11.3 Å². The molecule has 0 radical (unpaired) electrons. The molecule has 0 saturated carbocycles. The molecular formula is C23H21FN2O2. The van der Waals surface area contributed by atoms with Gasteiger partial charge in [0, 0.05) is 12.1 Å². The van der Waals surface area contributed by atoms with E-state index < -0.39 is 0 Å². The van der Waals surface area contributed by atoms with E-state index in [-0.39, 0.29) is 17.8 Å². The Labute approximate surface area is 163 Å². The fourth-order valence-corrected chi connectivity index (χ4v) is 3.44.